The van der Waals surface area contributed by atoms with Crippen molar-refractivity contribution in [3.63, 3.8) is 0 Å². The molecule has 1 fully saturated rings. The standard InChI is InChI=1S/C25H30N4O4/c1-25(33-18-7-5-4-6-8-18)16-28-20(13-22(25)32-3)24(30)29-11-9-17(10-12-29)19-15-27-23(26)14-21(19)31-2/h4-8,13-15,17H,9-12,16H2,1-3H3,(H2,26,27). The number of benzene rings is 1. The minimum Gasteiger partial charge on any atom is -0.497 e. The molecule has 2 aliphatic heterocycles. The predicted molar refractivity (Wildman–Crippen MR) is 127 cm³/mol. The molecule has 1 aromatic heterocycles. The van der Waals surface area contributed by atoms with E-state index in [4.69, 9.17) is 19.9 Å². The molecule has 4 rings (SSSR count). The third-order valence-electron chi connectivity index (χ3n) is 6.22. The molecule has 3 heterocycles. The first-order chi connectivity index (χ1) is 15.9. The second-order valence-corrected chi connectivity index (χ2v) is 8.48. The number of aromatic nitrogens is 1. The maximum absolute atomic E-state index is 13.2. The van der Waals surface area contributed by atoms with Crippen molar-refractivity contribution >= 4 is 17.4 Å². The average Bonchev–Trinajstić information content (AvgIpc) is 2.84. The van der Waals surface area contributed by atoms with Crippen molar-refractivity contribution in [2.45, 2.75) is 31.3 Å². The number of ether oxygens (including phenoxy) is 3. The number of anilines is 1. The maximum atomic E-state index is 13.2. The van der Waals surface area contributed by atoms with E-state index in [0.717, 1.165) is 29.9 Å². The molecule has 0 spiro atoms. The maximum Gasteiger partial charge on any atom is 0.272 e. The Labute approximate surface area is 194 Å². The van der Waals surface area contributed by atoms with E-state index in [1.807, 2.05) is 42.2 Å². The Morgan fingerprint density at radius 1 is 1.15 bits per heavy atom. The van der Waals surface area contributed by atoms with Crippen LogP contribution in [0.4, 0.5) is 5.82 Å². The normalized spacial score (nSPS) is 21.1. The van der Waals surface area contributed by atoms with E-state index >= 15 is 0 Å². The number of amides is 1. The number of nitrogens with two attached hydrogens (primary N) is 1. The van der Waals surface area contributed by atoms with Crippen LogP contribution in [0.3, 0.4) is 0 Å². The summed E-state index contributed by atoms with van der Waals surface area (Å²) >= 11 is 0. The summed E-state index contributed by atoms with van der Waals surface area (Å²) in [5.74, 6) is 2.65. The number of hydrogen-bond donors (Lipinski definition) is 1. The van der Waals surface area contributed by atoms with Crippen molar-refractivity contribution in [1.29, 1.82) is 0 Å². The fourth-order valence-corrected chi connectivity index (χ4v) is 4.37. The van der Waals surface area contributed by atoms with Gasteiger partial charge in [0.15, 0.2) is 5.60 Å². The molecule has 8 nitrogen and oxygen atoms in total. The smallest absolute Gasteiger partial charge is 0.272 e. The number of rotatable bonds is 6. The van der Waals surface area contributed by atoms with Crippen LogP contribution in [0.15, 0.2) is 59.4 Å². The summed E-state index contributed by atoms with van der Waals surface area (Å²) in [7, 11) is 3.22. The lowest BCUT2D eigenvalue weighted by atomic mass is 9.89. The van der Waals surface area contributed by atoms with E-state index in [1.165, 1.54) is 0 Å². The third-order valence-corrected chi connectivity index (χ3v) is 6.22. The summed E-state index contributed by atoms with van der Waals surface area (Å²) in [5, 5.41) is 0. The van der Waals surface area contributed by atoms with Crippen molar-refractivity contribution in [1.82, 2.24) is 9.88 Å². The third kappa shape index (κ3) is 4.79. The number of para-hydroxylation sites is 1. The van der Waals surface area contributed by atoms with Gasteiger partial charge in [0.1, 0.15) is 28.8 Å². The topological polar surface area (TPSA) is 99.3 Å². The number of carbonyl (C=O) groups is 1. The van der Waals surface area contributed by atoms with Gasteiger partial charge in [-0.25, -0.2) is 4.98 Å². The Morgan fingerprint density at radius 3 is 2.55 bits per heavy atom. The SMILES string of the molecule is COC1=CC(C(=O)N2CCC(c3cnc(N)cc3OC)CC2)=NCC1(C)Oc1ccccc1. The molecule has 174 valence electrons. The van der Waals surface area contributed by atoms with Gasteiger partial charge in [-0.15, -0.1) is 0 Å². The van der Waals surface area contributed by atoms with Crippen LogP contribution in [-0.4, -0.2) is 61.0 Å². The van der Waals surface area contributed by atoms with Crippen molar-refractivity contribution in [3.05, 3.63) is 60.0 Å². The molecular formula is C25H30N4O4. The number of nitrogen functional groups attached to an aromatic ring is 1. The fraction of sp³-hybridized carbons (Fsp3) is 0.400. The zero-order chi connectivity index (χ0) is 23.4. The molecule has 2 aromatic rings. The molecule has 2 N–H and O–H groups in total. The number of pyridine rings is 1. The van der Waals surface area contributed by atoms with Gasteiger partial charge < -0.3 is 24.8 Å². The van der Waals surface area contributed by atoms with Gasteiger partial charge in [-0.3, -0.25) is 9.79 Å². The van der Waals surface area contributed by atoms with Gasteiger partial charge in [0.25, 0.3) is 5.91 Å². The van der Waals surface area contributed by atoms with E-state index in [2.05, 4.69) is 9.98 Å². The Hall–Kier alpha value is -3.55. The monoisotopic (exact) mass is 450 g/mol. The highest BCUT2D eigenvalue weighted by Gasteiger charge is 2.38. The average molecular weight is 451 g/mol. The minimum absolute atomic E-state index is 0.0906. The molecule has 0 radical (unpaired) electrons. The van der Waals surface area contributed by atoms with Crippen LogP contribution in [0.2, 0.25) is 0 Å². The van der Waals surface area contributed by atoms with Crippen molar-refractivity contribution in [2.75, 3.05) is 39.6 Å². The molecule has 8 heteroatoms. The van der Waals surface area contributed by atoms with Gasteiger partial charge in [-0.05, 0) is 37.8 Å². The van der Waals surface area contributed by atoms with Gasteiger partial charge in [0.05, 0.1) is 20.8 Å². The summed E-state index contributed by atoms with van der Waals surface area (Å²) in [4.78, 5) is 23.8. The molecule has 0 saturated carbocycles. The van der Waals surface area contributed by atoms with Crippen LogP contribution in [0, 0.1) is 0 Å². The first-order valence-electron chi connectivity index (χ1n) is 11.1. The van der Waals surface area contributed by atoms with Gasteiger partial charge in [-0.2, -0.15) is 0 Å². The van der Waals surface area contributed by atoms with Crippen LogP contribution in [-0.2, 0) is 9.53 Å². The quantitative estimate of drug-likeness (QED) is 0.726. The largest absolute Gasteiger partial charge is 0.497 e. The molecule has 33 heavy (non-hydrogen) atoms. The van der Waals surface area contributed by atoms with Crippen molar-refractivity contribution in [2.24, 2.45) is 4.99 Å². The molecular weight excluding hydrogens is 420 g/mol. The predicted octanol–water partition coefficient (Wildman–Crippen LogP) is 3.20. The number of nitrogens with zero attached hydrogens (tertiary/aromatic N) is 3. The fourth-order valence-electron chi connectivity index (χ4n) is 4.37. The Kier molecular flexibility index (Phi) is 6.53. The summed E-state index contributed by atoms with van der Waals surface area (Å²) < 4.78 is 17.3. The van der Waals surface area contributed by atoms with E-state index in [0.29, 0.717) is 36.9 Å². The van der Waals surface area contributed by atoms with Crippen LogP contribution in [0.1, 0.15) is 31.2 Å². The highest BCUT2D eigenvalue weighted by Crippen LogP contribution is 2.35. The summed E-state index contributed by atoms with van der Waals surface area (Å²) in [5.41, 5.74) is 6.43. The molecule has 2 aliphatic rings. The lowest BCUT2D eigenvalue weighted by Crippen LogP contribution is -2.46. The number of hydrogen-bond acceptors (Lipinski definition) is 7. The second kappa shape index (κ2) is 9.52. The van der Waals surface area contributed by atoms with Crippen LogP contribution in [0.5, 0.6) is 11.5 Å². The molecule has 1 aromatic carbocycles. The Morgan fingerprint density at radius 2 is 1.88 bits per heavy atom. The number of carbonyl (C=O) groups excluding carboxylic acids is 1. The van der Waals surface area contributed by atoms with Gasteiger partial charge in [0, 0.05) is 37.0 Å². The van der Waals surface area contributed by atoms with Crippen LogP contribution < -0.4 is 15.2 Å². The molecule has 0 aliphatic carbocycles. The highest BCUT2D eigenvalue weighted by atomic mass is 16.5. The van der Waals surface area contributed by atoms with E-state index in [1.54, 1.807) is 32.6 Å². The molecule has 1 atom stereocenters. The number of piperidine rings is 1. The van der Waals surface area contributed by atoms with E-state index in [9.17, 15) is 4.79 Å². The Balaban J connectivity index is 1.42. The molecule has 1 amide bonds. The molecule has 1 saturated heterocycles. The van der Waals surface area contributed by atoms with E-state index in [-0.39, 0.29) is 11.8 Å². The number of aliphatic imine (C=N–C) groups is 1. The van der Waals surface area contributed by atoms with Crippen molar-refractivity contribution < 1.29 is 19.0 Å². The molecule has 0 bridgehead atoms. The minimum atomic E-state index is -0.772. The molecule has 1 unspecified atom stereocenters. The summed E-state index contributed by atoms with van der Waals surface area (Å²) in [6.07, 6.45) is 5.11. The second-order valence-electron chi connectivity index (χ2n) is 8.48. The summed E-state index contributed by atoms with van der Waals surface area (Å²) in [6, 6.07) is 11.3. The van der Waals surface area contributed by atoms with Crippen molar-refractivity contribution in [3.8, 4) is 11.5 Å². The Bertz CT molecular complexity index is 1060. The first kappa shape index (κ1) is 22.6. The summed E-state index contributed by atoms with van der Waals surface area (Å²) in [6.45, 7) is 3.47. The van der Waals surface area contributed by atoms with Crippen LogP contribution in [0.25, 0.3) is 0 Å². The highest BCUT2D eigenvalue weighted by molar-refractivity contribution is 6.43. The zero-order valence-corrected chi connectivity index (χ0v) is 19.3. The number of methoxy groups -OCH3 is 2. The van der Waals surface area contributed by atoms with Gasteiger partial charge in [-0.1, -0.05) is 18.2 Å². The zero-order valence-electron chi connectivity index (χ0n) is 19.3. The van der Waals surface area contributed by atoms with Crippen LogP contribution >= 0.6 is 0 Å². The van der Waals surface area contributed by atoms with Gasteiger partial charge >= 0.3 is 0 Å². The lowest BCUT2D eigenvalue weighted by Gasteiger charge is -2.35. The van der Waals surface area contributed by atoms with Gasteiger partial charge in [0.2, 0.25) is 0 Å². The number of dihydropyridines is 1. The first-order valence-corrected chi connectivity index (χ1v) is 11.1. The lowest BCUT2D eigenvalue weighted by molar-refractivity contribution is -0.125. The number of likely N-dealkylation sites (tertiary alicyclic amines) is 1. The van der Waals surface area contributed by atoms with E-state index < -0.39 is 5.60 Å².